The summed E-state index contributed by atoms with van der Waals surface area (Å²) in [4.78, 5) is 3.78. The first-order valence-electron chi connectivity index (χ1n) is 5.85. The molecule has 0 N–H and O–H groups in total. The van der Waals surface area contributed by atoms with Crippen LogP contribution in [0.15, 0.2) is 83.8 Å². The van der Waals surface area contributed by atoms with Crippen molar-refractivity contribution in [3.05, 3.63) is 89.4 Å². The van der Waals surface area contributed by atoms with Gasteiger partial charge in [0.25, 0.3) is 0 Å². The van der Waals surface area contributed by atoms with Crippen molar-refractivity contribution in [3.8, 4) is 0 Å². The van der Waals surface area contributed by atoms with Crippen molar-refractivity contribution in [1.82, 2.24) is 4.98 Å². The van der Waals surface area contributed by atoms with Gasteiger partial charge in [0.2, 0.25) is 0 Å². The van der Waals surface area contributed by atoms with Gasteiger partial charge >= 0.3 is 0 Å². The predicted molar refractivity (Wildman–Crippen MR) is 84.6 cm³/mol. The van der Waals surface area contributed by atoms with Crippen LogP contribution in [0.5, 0.6) is 0 Å². The standard InChI is InChI=1S/C7H7Cl.C5H5N.C4H4S/c8-6-7-4-2-1-3-5-7;1-2-4-6-5-3-1;1-2-4-5-3-1/h1-5H,6H2;1-5H;1-4H. The van der Waals surface area contributed by atoms with E-state index in [4.69, 9.17) is 11.6 Å². The molecule has 0 atom stereocenters. The van der Waals surface area contributed by atoms with E-state index in [1.54, 1.807) is 23.7 Å². The van der Waals surface area contributed by atoms with Crippen molar-refractivity contribution >= 4 is 22.9 Å². The van der Waals surface area contributed by atoms with Crippen molar-refractivity contribution in [2.75, 3.05) is 0 Å². The average molecular weight is 290 g/mol. The molecule has 0 saturated carbocycles. The first-order valence-corrected chi connectivity index (χ1v) is 7.33. The number of pyridine rings is 1. The lowest BCUT2D eigenvalue weighted by Gasteiger charge is -1.88. The fraction of sp³-hybridized carbons (Fsp3) is 0.0625. The second-order valence-corrected chi connectivity index (χ2v) is 4.52. The Balaban J connectivity index is 0.000000147. The van der Waals surface area contributed by atoms with Gasteiger partial charge < -0.3 is 0 Å². The van der Waals surface area contributed by atoms with E-state index >= 15 is 0 Å². The molecule has 0 aliphatic heterocycles. The summed E-state index contributed by atoms with van der Waals surface area (Å²) < 4.78 is 0. The Morgan fingerprint density at radius 1 is 0.789 bits per heavy atom. The maximum atomic E-state index is 5.53. The van der Waals surface area contributed by atoms with Crippen LogP contribution in [0.3, 0.4) is 0 Å². The highest BCUT2D eigenvalue weighted by Crippen LogP contribution is 2.00. The quantitative estimate of drug-likeness (QED) is 0.557. The van der Waals surface area contributed by atoms with Crippen molar-refractivity contribution in [3.63, 3.8) is 0 Å². The lowest BCUT2D eigenvalue weighted by molar-refractivity contribution is 1.33. The molecular formula is C16H16ClNS. The Bertz CT molecular complexity index is 439. The van der Waals surface area contributed by atoms with Crippen molar-refractivity contribution in [1.29, 1.82) is 0 Å². The first-order chi connectivity index (χ1) is 9.43. The van der Waals surface area contributed by atoms with Crippen LogP contribution in [0, 0.1) is 0 Å². The molecule has 0 saturated heterocycles. The summed E-state index contributed by atoms with van der Waals surface area (Å²) in [6.07, 6.45) is 3.50. The number of thiophene rings is 1. The van der Waals surface area contributed by atoms with E-state index in [0.29, 0.717) is 5.88 Å². The molecule has 1 nitrogen and oxygen atoms in total. The Labute approximate surface area is 123 Å². The molecule has 1 aromatic carbocycles. The van der Waals surface area contributed by atoms with E-state index in [-0.39, 0.29) is 0 Å². The van der Waals surface area contributed by atoms with Gasteiger partial charge in [-0.3, -0.25) is 4.98 Å². The molecule has 0 radical (unpaired) electrons. The van der Waals surface area contributed by atoms with Gasteiger partial charge in [0.15, 0.2) is 0 Å². The normalized spacial score (nSPS) is 8.47. The fourth-order valence-corrected chi connectivity index (χ4v) is 1.74. The molecule has 0 unspecified atom stereocenters. The van der Waals surface area contributed by atoms with Crippen LogP contribution >= 0.6 is 22.9 Å². The highest BCUT2D eigenvalue weighted by Gasteiger charge is 1.81. The number of benzene rings is 1. The highest BCUT2D eigenvalue weighted by molar-refractivity contribution is 7.07. The number of nitrogens with zero attached hydrogens (tertiary/aromatic N) is 1. The van der Waals surface area contributed by atoms with Gasteiger partial charge in [0, 0.05) is 18.3 Å². The molecule has 0 bridgehead atoms. The van der Waals surface area contributed by atoms with Crippen LogP contribution in [0.4, 0.5) is 0 Å². The van der Waals surface area contributed by atoms with E-state index in [9.17, 15) is 0 Å². The van der Waals surface area contributed by atoms with Gasteiger partial charge in [-0.05, 0) is 28.5 Å². The van der Waals surface area contributed by atoms with Crippen LogP contribution in [0.1, 0.15) is 5.56 Å². The number of hydrogen-bond acceptors (Lipinski definition) is 2. The highest BCUT2D eigenvalue weighted by atomic mass is 35.5. The maximum Gasteiger partial charge on any atom is 0.0474 e. The fourth-order valence-electron chi connectivity index (χ4n) is 1.11. The lowest BCUT2D eigenvalue weighted by Crippen LogP contribution is -1.71. The van der Waals surface area contributed by atoms with Crippen LogP contribution < -0.4 is 0 Å². The average Bonchev–Trinajstić information content (AvgIpc) is 3.10. The van der Waals surface area contributed by atoms with Gasteiger partial charge in [-0.2, -0.15) is 11.3 Å². The summed E-state index contributed by atoms with van der Waals surface area (Å²) in [5.74, 6) is 0.612. The van der Waals surface area contributed by atoms with Gasteiger partial charge in [-0.1, -0.05) is 48.5 Å². The minimum absolute atomic E-state index is 0.612. The Kier molecular flexibility index (Phi) is 9.29. The van der Waals surface area contributed by atoms with E-state index in [1.807, 2.05) is 71.4 Å². The monoisotopic (exact) mass is 289 g/mol. The maximum absolute atomic E-state index is 5.53. The summed E-state index contributed by atoms with van der Waals surface area (Å²) in [5, 5.41) is 4.08. The number of aromatic nitrogens is 1. The predicted octanol–water partition coefficient (Wildman–Crippen LogP) is 5.26. The Hall–Kier alpha value is -1.64. The second kappa shape index (κ2) is 11.5. The Morgan fingerprint density at radius 3 is 1.63 bits per heavy atom. The molecule has 3 aromatic rings. The van der Waals surface area contributed by atoms with Crippen LogP contribution in [0.25, 0.3) is 0 Å². The SMILES string of the molecule is ClCc1ccccc1.c1ccncc1.c1ccsc1. The summed E-state index contributed by atoms with van der Waals surface area (Å²) >= 11 is 7.24. The molecule has 2 aromatic heterocycles. The van der Waals surface area contributed by atoms with Crippen LogP contribution in [0.2, 0.25) is 0 Å². The van der Waals surface area contributed by atoms with Crippen LogP contribution in [-0.2, 0) is 5.88 Å². The van der Waals surface area contributed by atoms with E-state index in [2.05, 4.69) is 4.98 Å². The third-order valence-electron chi connectivity index (χ3n) is 1.99. The van der Waals surface area contributed by atoms with E-state index in [0.717, 1.165) is 0 Å². The second-order valence-electron chi connectivity index (χ2n) is 3.44. The zero-order valence-corrected chi connectivity index (χ0v) is 12.1. The molecule has 0 aliphatic rings. The smallest absolute Gasteiger partial charge is 0.0474 e. The minimum Gasteiger partial charge on any atom is -0.265 e. The molecule has 19 heavy (non-hydrogen) atoms. The summed E-state index contributed by atoms with van der Waals surface area (Å²) in [7, 11) is 0. The summed E-state index contributed by atoms with van der Waals surface area (Å²) in [6.45, 7) is 0. The zero-order valence-electron chi connectivity index (χ0n) is 10.5. The molecule has 3 rings (SSSR count). The largest absolute Gasteiger partial charge is 0.265 e. The van der Waals surface area contributed by atoms with Gasteiger partial charge in [-0.25, -0.2) is 0 Å². The van der Waals surface area contributed by atoms with Crippen molar-refractivity contribution < 1.29 is 0 Å². The van der Waals surface area contributed by atoms with E-state index < -0.39 is 0 Å². The van der Waals surface area contributed by atoms with Gasteiger partial charge in [0.1, 0.15) is 0 Å². The zero-order chi connectivity index (χ0) is 13.6. The lowest BCUT2D eigenvalue weighted by atomic mass is 10.2. The molecular weight excluding hydrogens is 274 g/mol. The molecule has 0 fully saturated rings. The minimum atomic E-state index is 0.612. The first kappa shape index (κ1) is 15.4. The Morgan fingerprint density at radius 2 is 1.37 bits per heavy atom. The summed E-state index contributed by atoms with van der Waals surface area (Å²) in [6, 6.07) is 19.7. The number of alkyl halides is 1. The number of rotatable bonds is 1. The molecule has 98 valence electrons. The number of halogens is 1. The third kappa shape index (κ3) is 9.00. The van der Waals surface area contributed by atoms with E-state index in [1.165, 1.54) is 5.56 Å². The number of hydrogen-bond donors (Lipinski definition) is 0. The molecule has 0 spiro atoms. The third-order valence-corrected chi connectivity index (χ3v) is 2.93. The van der Waals surface area contributed by atoms with Crippen LogP contribution in [-0.4, -0.2) is 4.98 Å². The van der Waals surface area contributed by atoms with Crippen molar-refractivity contribution in [2.45, 2.75) is 5.88 Å². The topological polar surface area (TPSA) is 12.9 Å². The molecule has 0 amide bonds. The summed E-state index contributed by atoms with van der Waals surface area (Å²) in [5.41, 5.74) is 1.18. The molecule has 3 heteroatoms. The molecule has 0 aliphatic carbocycles. The van der Waals surface area contributed by atoms with Gasteiger partial charge in [-0.15, -0.1) is 11.6 Å². The van der Waals surface area contributed by atoms with Crippen molar-refractivity contribution in [2.24, 2.45) is 0 Å². The van der Waals surface area contributed by atoms with Gasteiger partial charge in [0.05, 0.1) is 0 Å². The molecule has 2 heterocycles.